The van der Waals surface area contributed by atoms with Crippen LogP contribution in [0.4, 0.5) is 5.69 Å². The Kier molecular flexibility index (Phi) is 6.81. The molecule has 0 atom stereocenters. The van der Waals surface area contributed by atoms with Gasteiger partial charge in [0.25, 0.3) is 11.6 Å². The normalized spacial score (nSPS) is 10.3. The van der Waals surface area contributed by atoms with Gasteiger partial charge in [-0.15, -0.1) is 11.3 Å². The molecule has 1 aromatic heterocycles. The first-order chi connectivity index (χ1) is 14.5. The highest BCUT2D eigenvalue weighted by molar-refractivity contribution is 7.07. The second-order valence-electron chi connectivity index (χ2n) is 6.08. The Bertz CT molecular complexity index is 1040. The van der Waals surface area contributed by atoms with Gasteiger partial charge in [-0.25, -0.2) is 4.98 Å². The van der Waals surface area contributed by atoms with Crippen LogP contribution in [0.15, 0.2) is 47.3 Å². The summed E-state index contributed by atoms with van der Waals surface area (Å²) < 4.78 is 16.0. The highest BCUT2D eigenvalue weighted by atomic mass is 32.1. The Hall–Kier alpha value is -3.66. The topological polar surface area (TPSA) is 113 Å². The van der Waals surface area contributed by atoms with Gasteiger partial charge in [-0.2, -0.15) is 0 Å². The lowest BCUT2D eigenvalue weighted by molar-refractivity contribution is -0.385. The number of hydrogen-bond acceptors (Lipinski definition) is 8. The van der Waals surface area contributed by atoms with Gasteiger partial charge in [0, 0.05) is 18.0 Å². The van der Waals surface area contributed by atoms with Crippen molar-refractivity contribution in [3.8, 4) is 17.2 Å². The van der Waals surface area contributed by atoms with Crippen LogP contribution in [-0.2, 0) is 13.2 Å². The first kappa shape index (κ1) is 21.1. The Morgan fingerprint density at radius 2 is 2.03 bits per heavy atom. The fraction of sp³-hybridized carbons (Fsp3) is 0.200. The quantitative estimate of drug-likeness (QED) is 0.409. The highest BCUT2D eigenvalue weighted by Crippen LogP contribution is 2.35. The van der Waals surface area contributed by atoms with E-state index in [4.69, 9.17) is 14.2 Å². The van der Waals surface area contributed by atoms with Gasteiger partial charge in [-0.05, 0) is 17.7 Å². The highest BCUT2D eigenvalue weighted by Gasteiger charge is 2.25. The first-order valence-corrected chi connectivity index (χ1v) is 9.73. The van der Waals surface area contributed by atoms with Crippen LogP contribution < -0.4 is 19.5 Å². The molecule has 0 saturated carbocycles. The van der Waals surface area contributed by atoms with Crippen molar-refractivity contribution >= 4 is 22.9 Å². The average Bonchev–Trinajstić information content (AvgIpc) is 3.29. The molecule has 156 valence electrons. The maximum Gasteiger partial charge on any atom is 0.286 e. The smallest absolute Gasteiger partial charge is 0.286 e. The third-order valence-corrected chi connectivity index (χ3v) is 4.80. The van der Waals surface area contributed by atoms with Gasteiger partial charge < -0.3 is 19.5 Å². The largest absolute Gasteiger partial charge is 0.497 e. The van der Waals surface area contributed by atoms with E-state index in [1.165, 1.54) is 30.6 Å². The van der Waals surface area contributed by atoms with E-state index in [2.05, 4.69) is 10.3 Å². The lowest BCUT2D eigenvalue weighted by Crippen LogP contribution is -2.24. The van der Waals surface area contributed by atoms with Gasteiger partial charge in [-0.1, -0.05) is 12.1 Å². The molecule has 0 aliphatic carbocycles. The molecule has 1 amide bonds. The molecule has 0 aliphatic heterocycles. The van der Waals surface area contributed by atoms with Crippen LogP contribution in [0.1, 0.15) is 21.6 Å². The van der Waals surface area contributed by atoms with E-state index in [-0.39, 0.29) is 35.9 Å². The van der Waals surface area contributed by atoms with Crippen molar-refractivity contribution in [3.63, 3.8) is 0 Å². The molecule has 0 aliphatic rings. The number of thiazole rings is 1. The van der Waals surface area contributed by atoms with Gasteiger partial charge >= 0.3 is 0 Å². The molecule has 0 spiro atoms. The van der Waals surface area contributed by atoms with E-state index in [0.717, 1.165) is 5.56 Å². The Labute approximate surface area is 176 Å². The summed E-state index contributed by atoms with van der Waals surface area (Å²) in [4.78, 5) is 27.7. The minimum atomic E-state index is -0.629. The summed E-state index contributed by atoms with van der Waals surface area (Å²) in [5.74, 6) is 0.411. The van der Waals surface area contributed by atoms with Crippen LogP contribution in [0.3, 0.4) is 0 Å². The molecule has 3 rings (SSSR count). The number of methoxy groups -OCH3 is 2. The van der Waals surface area contributed by atoms with E-state index in [1.807, 2.05) is 6.07 Å². The van der Waals surface area contributed by atoms with Crippen molar-refractivity contribution in [3.05, 3.63) is 74.2 Å². The molecule has 9 nitrogen and oxygen atoms in total. The minimum Gasteiger partial charge on any atom is -0.497 e. The van der Waals surface area contributed by atoms with E-state index in [0.29, 0.717) is 11.4 Å². The summed E-state index contributed by atoms with van der Waals surface area (Å²) in [7, 11) is 2.94. The SMILES string of the molecule is COc1cccc(CNC(=O)c2cc(OC)c(OCc3cscn3)cc2[N+](=O)[O-])c1. The molecule has 0 saturated heterocycles. The first-order valence-electron chi connectivity index (χ1n) is 8.79. The van der Waals surface area contributed by atoms with Crippen LogP contribution in [0.5, 0.6) is 17.2 Å². The number of nitrogens with one attached hydrogen (secondary N) is 1. The van der Waals surface area contributed by atoms with Crippen molar-refractivity contribution in [2.24, 2.45) is 0 Å². The number of amides is 1. The second kappa shape index (κ2) is 9.70. The van der Waals surface area contributed by atoms with Gasteiger partial charge in [0.05, 0.1) is 36.4 Å². The Balaban J connectivity index is 1.81. The fourth-order valence-corrected chi connectivity index (χ4v) is 3.22. The van der Waals surface area contributed by atoms with Crippen LogP contribution in [0.2, 0.25) is 0 Å². The Morgan fingerprint density at radius 1 is 1.20 bits per heavy atom. The predicted molar refractivity (Wildman–Crippen MR) is 110 cm³/mol. The number of nitrogens with zero attached hydrogens (tertiary/aromatic N) is 2. The summed E-state index contributed by atoms with van der Waals surface area (Å²) in [6, 6.07) is 9.64. The lowest BCUT2D eigenvalue weighted by atomic mass is 10.1. The van der Waals surface area contributed by atoms with E-state index in [1.54, 1.807) is 36.2 Å². The number of carbonyl (C=O) groups excluding carboxylic acids is 1. The van der Waals surface area contributed by atoms with Crippen LogP contribution >= 0.6 is 11.3 Å². The van der Waals surface area contributed by atoms with Crippen molar-refractivity contribution in [1.82, 2.24) is 10.3 Å². The van der Waals surface area contributed by atoms with Crippen molar-refractivity contribution < 1.29 is 23.9 Å². The van der Waals surface area contributed by atoms with E-state index < -0.39 is 10.8 Å². The zero-order valence-electron chi connectivity index (χ0n) is 16.3. The third-order valence-electron chi connectivity index (χ3n) is 4.17. The average molecular weight is 429 g/mol. The van der Waals surface area contributed by atoms with Crippen molar-refractivity contribution in [1.29, 1.82) is 0 Å². The Morgan fingerprint density at radius 3 is 2.70 bits per heavy atom. The van der Waals surface area contributed by atoms with Gasteiger partial charge in [-0.3, -0.25) is 14.9 Å². The zero-order valence-corrected chi connectivity index (χ0v) is 17.1. The number of nitro groups is 1. The number of ether oxygens (including phenoxy) is 3. The van der Waals surface area contributed by atoms with Gasteiger partial charge in [0.15, 0.2) is 11.5 Å². The lowest BCUT2D eigenvalue weighted by Gasteiger charge is -2.13. The standard InChI is InChI=1S/C20H19N3O6S/c1-27-15-5-3-4-13(6-15)9-21-20(24)16-7-18(28-2)19(8-17(16)23(25)26)29-10-14-11-30-12-22-14/h3-8,11-12H,9-10H2,1-2H3,(H,21,24). The summed E-state index contributed by atoms with van der Waals surface area (Å²) in [6.45, 7) is 0.302. The number of hydrogen-bond donors (Lipinski definition) is 1. The molecule has 10 heteroatoms. The van der Waals surface area contributed by atoms with E-state index >= 15 is 0 Å². The molecule has 30 heavy (non-hydrogen) atoms. The molecule has 0 unspecified atom stereocenters. The molecule has 3 aromatic rings. The van der Waals surface area contributed by atoms with E-state index in [9.17, 15) is 14.9 Å². The van der Waals surface area contributed by atoms with Crippen LogP contribution in [0.25, 0.3) is 0 Å². The molecule has 2 aromatic carbocycles. The van der Waals surface area contributed by atoms with Crippen LogP contribution in [-0.4, -0.2) is 30.0 Å². The molecular weight excluding hydrogens is 410 g/mol. The number of carbonyl (C=O) groups is 1. The number of aromatic nitrogens is 1. The number of benzene rings is 2. The number of rotatable bonds is 9. The number of nitro benzene ring substituents is 1. The second-order valence-corrected chi connectivity index (χ2v) is 6.80. The third kappa shape index (κ3) is 5.03. The van der Waals surface area contributed by atoms with Crippen LogP contribution in [0, 0.1) is 10.1 Å². The summed E-state index contributed by atoms with van der Waals surface area (Å²) in [5.41, 5.74) is 2.63. The molecule has 1 N–H and O–H groups in total. The summed E-state index contributed by atoms with van der Waals surface area (Å²) in [5, 5.41) is 16.1. The zero-order chi connectivity index (χ0) is 21.5. The van der Waals surface area contributed by atoms with Crippen molar-refractivity contribution in [2.45, 2.75) is 13.2 Å². The summed E-state index contributed by atoms with van der Waals surface area (Å²) >= 11 is 1.41. The minimum absolute atomic E-state index is 0.123. The molecule has 1 heterocycles. The summed E-state index contributed by atoms with van der Waals surface area (Å²) in [6.07, 6.45) is 0. The monoisotopic (exact) mass is 429 g/mol. The maximum absolute atomic E-state index is 12.7. The fourth-order valence-electron chi connectivity index (χ4n) is 2.67. The van der Waals surface area contributed by atoms with Crippen molar-refractivity contribution in [2.75, 3.05) is 14.2 Å². The predicted octanol–water partition coefficient (Wildman–Crippen LogP) is 3.58. The molecule has 0 radical (unpaired) electrons. The molecule has 0 bridgehead atoms. The van der Waals surface area contributed by atoms with Gasteiger partial charge in [0.1, 0.15) is 17.9 Å². The maximum atomic E-state index is 12.7. The molecule has 0 fully saturated rings. The van der Waals surface area contributed by atoms with Gasteiger partial charge in [0.2, 0.25) is 0 Å². The molecular formula is C20H19N3O6S.